The molecule has 1 heterocycles. The van der Waals surface area contributed by atoms with Crippen molar-refractivity contribution >= 4 is 39.0 Å². The van der Waals surface area contributed by atoms with Crippen LogP contribution in [0.25, 0.3) is 77.6 Å². The highest BCUT2D eigenvalue weighted by molar-refractivity contribution is 6.06. The lowest BCUT2D eigenvalue weighted by atomic mass is 9.79. The van der Waals surface area contributed by atoms with Gasteiger partial charge in [0, 0.05) is 38.5 Å². The van der Waals surface area contributed by atoms with Gasteiger partial charge in [-0.2, -0.15) is 0 Å². The topological polar surface area (TPSA) is 16.4 Å². The smallest absolute Gasteiger partial charge is 0.135 e. The fraction of sp³-hybridized carbons (Fsp3) is 0.100. The van der Waals surface area contributed by atoms with Crippen LogP contribution in [0.2, 0.25) is 0 Å². The number of rotatable bonds is 6. The first kappa shape index (κ1) is 36.4. The van der Waals surface area contributed by atoms with Crippen LogP contribution in [0.4, 0.5) is 17.1 Å². The molecule has 0 fully saturated rings. The minimum absolute atomic E-state index is 0.125. The Morgan fingerprint density at radius 2 is 0.919 bits per heavy atom. The number of para-hydroxylation sites is 2. The van der Waals surface area contributed by atoms with E-state index in [1.165, 1.54) is 66.8 Å². The van der Waals surface area contributed by atoms with Crippen molar-refractivity contribution < 1.29 is 4.42 Å². The molecular formula is C60H45NO. The quantitative estimate of drug-likeness (QED) is 0.167. The molecule has 10 aromatic rings. The molecule has 0 spiro atoms. The molecule has 0 saturated carbocycles. The van der Waals surface area contributed by atoms with E-state index in [-0.39, 0.29) is 10.8 Å². The SMILES string of the molecule is CC1(C)c2cc(N(c3ccc(-c4ccc5oc6ccccc6c5c4)cc3)c3ccccc3-c3ccccc3)ccc2-c2cc3c(cc21)-c1c(-c2ccccc2)cccc1C3(C)C. The fourth-order valence-corrected chi connectivity index (χ4v) is 10.7. The van der Waals surface area contributed by atoms with Gasteiger partial charge < -0.3 is 9.32 Å². The van der Waals surface area contributed by atoms with Crippen molar-refractivity contribution in [3.63, 3.8) is 0 Å². The Morgan fingerprint density at radius 3 is 1.71 bits per heavy atom. The first-order valence-electron chi connectivity index (χ1n) is 21.8. The summed E-state index contributed by atoms with van der Waals surface area (Å²) in [6, 6.07) is 73.4. The summed E-state index contributed by atoms with van der Waals surface area (Å²) in [5, 5.41) is 2.28. The van der Waals surface area contributed by atoms with Gasteiger partial charge in [-0.3, -0.25) is 0 Å². The Morgan fingerprint density at radius 1 is 0.339 bits per heavy atom. The highest BCUT2D eigenvalue weighted by Gasteiger charge is 2.42. The summed E-state index contributed by atoms with van der Waals surface area (Å²) in [4.78, 5) is 2.45. The van der Waals surface area contributed by atoms with Gasteiger partial charge in [-0.25, -0.2) is 0 Å². The Hall–Kier alpha value is -7.42. The Balaban J connectivity index is 0.993. The molecule has 9 aromatic carbocycles. The van der Waals surface area contributed by atoms with Crippen LogP contribution in [0, 0.1) is 0 Å². The zero-order valence-corrected chi connectivity index (χ0v) is 35.4. The second kappa shape index (κ2) is 13.5. The van der Waals surface area contributed by atoms with Gasteiger partial charge in [0.05, 0.1) is 5.69 Å². The lowest BCUT2D eigenvalue weighted by Crippen LogP contribution is -2.17. The van der Waals surface area contributed by atoms with Crippen LogP contribution in [-0.4, -0.2) is 0 Å². The van der Waals surface area contributed by atoms with Gasteiger partial charge in [0.1, 0.15) is 11.2 Å². The maximum atomic E-state index is 6.16. The second-order valence-electron chi connectivity index (χ2n) is 18.1. The van der Waals surface area contributed by atoms with E-state index in [0.29, 0.717) is 0 Å². The van der Waals surface area contributed by atoms with Crippen molar-refractivity contribution in [2.75, 3.05) is 4.90 Å². The van der Waals surface area contributed by atoms with E-state index in [1.807, 2.05) is 12.1 Å². The van der Waals surface area contributed by atoms with E-state index in [9.17, 15) is 0 Å². The average Bonchev–Trinajstić information content (AvgIpc) is 3.88. The van der Waals surface area contributed by atoms with Crippen LogP contribution in [0.3, 0.4) is 0 Å². The third kappa shape index (κ3) is 5.43. The van der Waals surface area contributed by atoms with E-state index in [1.54, 1.807) is 0 Å². The Bertz CT molecular complexity index is 3390. The van der Waals surface area contributed by atoms with E-state index >= 15 is 0 Å². The van der Waals surface area contributed by atoms with E-state index < -0.39 is 0 Å². The van der Waals surface area contributed by atoms with Gasteiger partial charge in [0.25, 0.3) is 0 Å². The standard InChI is InChI=1S/C60H45NO/c1-59(2)51-23-15-22-45(40-18-9-6-10-19-40)58(51)50-37-53-48(36-54(50)59)46-32-31-43(35-52(46)60(53,3)4)61(55-24-13-11-20-44(55)39-16-7-5-8-17-39)42-29-26-38(27-30-42)41-28-33-57-49(34-41)47-21-12-14-25-56(47)62-57/h5-37H,1-4H3. The van der Waals surface area contributed by atoms with Crippen molar-refractivity contribution in [1.29, 1.82) is 0 Å². The summed E-state index contributed by atoms with van der Waals surface area (Å²) in [6.07, 6.45) is 0. The number of hydrogen-bond acceptors (Lipinski definition) is 2. The van der Waals surface area contributed by atoms with Crippen molar-refractivity contribution in [3.8, 4) is 55.6 Å². The summed E-state index contributed by atoms with van der Waals surface area (Å²) in [7, 11) is 0. The summed E-state index contributed by atoms with van der Waals surface area (Å²) in [6.45, 7) is 9.62. The van der Waals surface area contributed by atoms with Gasteiger partial charge in [-0.05, 0) is 133 Å². The third-order valence-electron chi connectivity index (χ3n) is 13.9. The van der Waals surface area contributed by atoms with Crippen molar-refractivity contribution in [1.82, 2.24) is 0 Å². The molecule has 0 amide bonds. The lowest BCUT2D eigenvalue weighted by molar-refractivity contribution is 0.652. The Kier molecular flexibility index (Phi) is 7.96. The summed E-state index contributed by atoms with van der Waals surface area (Å²) >= 11 is 0. The summed E-state index contributed by atoms with van der Waals surface area (Å²) in [5.74, 6) is 0. The van der Waals surface area contributed by atoms with Crippen molar-refractivity contribution in [2.45, 2.75) is 38.5 Å². The van der Waals surface area contributed by atoms with E-state index in [2.05, 4.69) is 221 Å². The van der Waals surface area contributed by atoms with Crippen molar-refractivity contribution in [2.24, 2.45) is 0 Å². The van der Waals surface area contributed by atoms with Crippen LogP contribution in [0.5, 0.6) is 0 Å². The Labute approximate surface area is 363 Å². The molecule has 2 heteroatoms. The molecule has 12 rings (SSSR count). The summed E-state index contributed by atoms with van der Waals surface area (Å²) in [5.41, 5.74) is 23.1. The summed E-state index contributed by atoms with van der Waals surface area (Å²) < 4.78 is 6.16. The average molecular weight is 796 g/mol. The highest BCUT2D eigenvalue weighted by Crippen LogP contribution is 2.58. The van der Waals surface area contributed by atoms with Gasteiger partial charge in [0.15, 0.2) is 0 Å². The number of nitrogens with zero attached hydrogens (tertiary/aromatic N) is 1. The molecule has 1 aromatic heterocycles. The first-order chi connectivity index (χ1) is 30.3. The van der Waals surface area contributed by atoms with E-state index in [0.717, 1.165) is 50.1 Å². The van der Waals surface area contributed by atoms with Gasteiger partial charge in [-0.15, -0.1) is 0 Å². The van der Waals surface area contributed by atoms with Gasteiger partial charge >= 0.3 is 0 Å². The van der Waals surface area contributed by atoms with Crippen LogP contribution in [-0.2, 0) is 10.8 Å². The monoisotopic (exact) mass is 795 g/mol. The minimum Gasteiger partial charge on any atom is -0.456 e. The number of furan rings is 1. The molecule has 0 bridgehead atoms. The molecule has 2 aliphatic carbocycles. The molecule has 0 atom stereocenters. The number of hydrogen-bond donors (Lipinski definition) is 0. The van der Waals surface area contributed by atoms with Gasteiger partial charge in [-0.1, -0.05) is 167 Å². The molecule has 2 aliphatic rings. The second-order valence-corrected chi connectivity index (χ2v) is 18.1. The third-order valence-corrected chi connectivity index (χ3v) is 13.9. The fourth-order valence-electron chi connectivity index (χ4n) is 10.7. The zero-order chi connectivity index (χ0) is 41.7. The molecule has 2 nitrogen and oxygen atoms in total. The van der Waals surface area contributed by atoms with Crippen LogP contribution < -0.4 is 4.90 Å². The minimum atomic E-state index is -0.228. The van der Waals surface area contributed by atoms with Crippen LogP contribution in [0.15, 0.2) is 205 Å². The predicted molar refractivity (Wildman–Crippen MR) is 260 cm³/mol. The zero-order valence-electron chi connectivity index (χ0n) is 35.4. The molecule has 0 saturated heterocycles. The molecule has 0 radical (unpaired) electrons. The highest BCUT2D eigenvalue weighted by atomic mass is 16.3. The van der Waals surface area contributed by atoms with Gasteiger partial charge in [0.2, 0.25) is 0 Å². The molecule has 62 heavy (non-hydrogen) atoms. The number of anilines is 3. The van der Waals surface area contributed by atoms with Crippen LogP contribution >= 0.6 is 0 Å². The molecule has 296 valence electrons. The van der Waals surface area contributed by atoms with Crippen molar-refractivity contribution in [3.05, 3.63) is 222 Å². The number of fused-ring (bicyclic) bond motifs is 9. The largest absolute Gasteiger partial charge is 0.456 e. The normalized spacial score (nSPS) is 14.1. The predicted octanol–water partition coefficient (Wildman–Crippen LogP) is 16.7. The molecule has 0 aliphatic heterocycles. The molecule has 0 unspecified atom stereocenters. The molecular weight excluding hydrogens is 751 g/mol. The van der Waals surface area contributed by atoms with E-state index in [4.69, 9.17) is 4.42 Å². The first-order valence-corrected chi connectivity index (χ1v) is 21.8. The van der Waals surface area contributed by atoms with Crippen LogP contribution in [0.1, 0.15) is 49.9 Å². The maximum Gasteiger partial charge on any atom is 0.135 e. The molecule has 0 N–H and O–H groups in total. The maximum absolute atomic E-state index is 6.16. The number of benzene rings is 9. The lowest BCUT2D eigenvalue weighted by Gasteiger charge is -2.30.